The van der Waals surface area contributed by atoms with Crippen molar-refractivity contribution >= 4 is 5.91 Å². The van der Waals surface area contributed by atoms with E-state index in [2.05, 4.69) is 71.4 Å². The van der Waals surface area contributed by atoms with E-state index in [1.165, 1.54) is 12.0 Å². The van der Waals surface area contributed by atoms with Gasteiger partial charge in [0.05, 0.1) is 12.2 Å². The number of carbonyl (C=O) groups excluding carboxylic acids is 1. The molecule has 2 aliphatic rings. The molecule has 2 unspecified atom stereocenters. The van der Waals surface area contributed by atoms with E-state index in [0.29, 0.717) is 17.9 Å². The van der Waals surface area contributed by atoms with Gasteiger partial charge >= 0.3 is 0 Å². The summed E-state index contributed by atoms with van der Waals surface area (Å²) in [5.41, 5.74) is 12.5. The summed E-state index contributed by atoms with van der Waals surface area (Å²) in [4.78, 5) is 15.2. The maximum absolute atomic E-state index is 13.2. The minimum absolute atomic E-state index is 0.152. The zero-order valence-corrected chi connectivity index (χ0v) is 20.9. The van der Waals surface area contributed by atoms with Gasteiger partial charge in [-0.2, -0.15) is 5.10 Å². The van der Waals surface area contributed by atoms with Gasteiger partial charge in [0.15, 0.2) is 0 Å². The molecule has 3 heterocycles. The molecular formula is C29H37N5O. The molecule has 2 aliphatic heterocycles. The molecule has 0 aliphatic carbocycles. The Morgan fingerprint density at radius 3 is 2.43 bits per heavy atom. The van der Waals surface area contributed by atoms with Crippen LogP contribution in [0.5, 0.6) is 0 Å². The van der Waals surface area contributed by atoms with Crippen LogP contribution in [0.15, 0.2) is 60.7 Å². The van der Waals surface area contributed by atoms with Crippen molar-refractivity contribution in [2.45, 2.75) is 52.1 Å². The van der Waals surface area contributed by atoms with Crippen LogP contribution in [0.4, 0.5) is 0 Å². The average molecular weight is 472 g/mol. The first-order valence-electron chi connectivity index (χ1n) is 13.0. The number of nitrogens with one attached hydrogen (secondary N) is 2. The normalized spacial score (nSPS) is 20.9. The summed E-state index contributed by atoms with van der Waals surface area (Å²) < 4.78 is 2.01. The Morgan fingerprint density at radius 2 is 1.74 bits per heavy atom. The van der Waals surface area contributed by atoms with Crippen molar-refractivity contribution in [2.75, 3.05) is 19.6 Å². The van der Waals surface area contributed by atoms with Crippen molar-refractivity contribution in [3.05, 3.63) is 88.7 Å². The van der Waals surface area contributed by atoms with Crippen LogP contribution in [0, 0.1) is 25.7 Å². The number of rotatable bonds is 7. The predicted octanol–water partition coefficient (Wildman–Crippen LogP) is 4.13. The summed E-state index contributed by atoms with van der Waals surface area (Å²) >= 11 is 0. The molecule has 6 nitrogen and oxygen atoms in total. The van der Waals surface area contributed by atoms with Crippen LogP contribution < -0.4 is 10.9 Å². The van der Waals surface area contributed by atoms with Gasteiger partial charge in [-0.3, -0.25) is 20.3 Å². The van der Waals surface area contributed by atoms with Crippen molar-refractivity contribution in [2.24, 2.45) is 11.8 Å². The molecule has 0 bridgehead atoms. The molecule has 184 valence electrons. The third-order valence-corrected chi connectivity index (χ3v) is 7.76. The van der Waals surface area contributed by atoms with Crippen LogP contribution in [0.25, 0.3) is 0 Å². The number of benzene rings is 2. The van der Waals surface area contributed by atoms with E-state index in [4.69, 9.17) is 0 Å². The molecule has 35 heavy (non-hydrogen) atoms. The van der Waals surface area contributed by atoms with Gasteiger partial charge in [0.2, 0.25) is 0 Å². The lowest BCUT2D eigenvalue weighted by Gasteiger charge is -2.36. The van der Waals surface area contributed by atoms with Gasteiger partial charge in [-0.1, -0.05) is 42.5 Å². The molecule has 6 heteroatoms. The summed E-state index contributed by atoms with van der Waals surface area (Å²) in [5, 5.41) is 4.54. The number of hydrogen-bond acceptors (Lipinski definition) is 4. The molecular weight excluding hydrogens is 434 g/mol. The molecule has 2 saturated heterocycles. The first-order chi connectivity index (χ1) is 17.1. The topological polar surface area (TPSA) is 62.2 Å². The summed E-state index contributed by atoms with van der Waals surface area (Å²) in [6, 6.07) is 21.4. The number of carbonyl (C=O) groups is 1. The van der Waals surface area contributed by atoms with Gasteiger partial charge in [-0.15, -0.1) is 0 Å². The zero-order chi connectivity index (χ0) is 24.2. The van der Waals surface area contributed by atoms with Crippen molar-refractivity contribution < 1.29 is 4.79 Å². The van der Waals surface area contributed by atoms with Crippen LogP contribution in [0.3, 0.4) is 0 Å². The zero-order valence-electron chi connectivity index (χ0n) is 20.9. The van der Waals surface area contributed by atoms with Crippen molar-refractivity contribution in [1.29, 1.82) is 0 Å². The molecule has 2 N–H and O–H groups in total. The average Bonchev–Trinajstić information content (AvgIpc) is 3.49. The monoisotopic (exact) mass is 471 g/mol. The van der Waals surface area contributed by atoms with Gasteiger partial charge in [-0.05, 0) is 80.7 Å². The Kier molecular flexibility index (Phi) is 7.30. The fraction of sp³-hybridized carbons (Fsp3) is 0.448. The molecule has 2 aromatic carbocycles. The van der Waals surface area contributed by atoms with Gasteiger partial charge in [0.25, 0.3) is 5.91 Å². The van der Waals surface area contributed by atoms with E-state index in [0.717, 1.165) is 68.0 Å². The number of hydrazine groups is 1. The second-order valence-corrected chi connectivity index (χ2v) is 10.2. The van der Waals surface area contributed by atoms with Crippen molar-refractivity contribution in [1.82, 2.24) is 25.5 Å². The van der Waals surface area contributed by atoms with E-state index >= 15 is 0 Å². The van der Waals surface area contributed by atoms with Crippen LogP contribution in [0.2, 0.25) is 0 Å². The number of amides is 1. The molecule has 3 aromatic rings. The third-order valence-electron chi connectivity index (χ3n) is 7.76. The second-order valence-electron chi connectivity index (χ2n) is 10.2. The second kappa shape index (κ2) is 10.8. The van der Waals surface area contributed by atoms with Crippen molar-refractivity contribution in [3.8, 4) is 0 Å². The molecule has 0 saturated carbocycles. The Hall–Kier alpha value is -2.96. The summed E-state index contributed by atoms with van der Waals surface area (Å²) in [5.74, 6) is 1.40. The highest BCUT2D eigenvalue weighted by atomic mass is 16.2. The molecule has 0 spiro atoms. The molecule has 2 atom stereocenters. The Bertz CT molecular complexity index is 1120. The van der Waals surface area contributed by atoms with Crippen LogP contribution in [0.1, 0.15) is 52.1 Å². The molecule has 0 radical (unpaired) electrons. The van der Waals surface area contributed by atoms with Gasteiger partial charge < -0.3 is 4.90 Å². The quantitative estimate of drug-likeness (QED) is 0.544. The first-order valence-corrected chi connectivity index (χ1v) is 13.0. The Labute approximate surface area is 208 Å². The first kappa shape index (κ1) is 23.8. The van der Waals surface area contributed by atoms with Crippen LogP contribution in [-0.2, 0) is 13.0 Å². The SMILES string of the molecule is Cc1cc(C)n(Cc2ccc(C(=O)N3CCC(C4NNCC4CCc4ccccc4)CC3)cc2)n1. The highest BCUT2D eigenvalue weighted by molar-refractivity contribution is 5.94. The van der Waals surface area contributed by atoms with Crippen LogP contribution >= 0.6 is 0 Å². The van der Waals surface area contributed by atoms with Crippen molar-refractivity contribution in [3.63, 3.8) is 0 Å². The number of piperidine rings is 1. The molecule has 2 fully saturated rings. The number of likely N-dealkylation sites (tertiary alicyclic amines) is 1. The lowest BCUT2D eigenvalue weighted by Crippen LogP contribution is -2.46. The number of aromatic nitrogens is 2. The summed E-state index contributed by atoms with van der Waals surface area (Å²) in [7, 11) is 0. The lowest BCUT2D eigenvalue weighted by molar-refractivity contribution is 0.0662. The highest BCUT2D eigenvalue weighted by Gasteiger charge is 2.36. The molecule has 5 rings (SSSR count). The van der Waals surface area contributed by atoms with E-state index in [9.17, 15) is 4.79 Å². The molecule has 1 aromatic heterocycles. The maximum Gasteiger partial charge on any atom is 0.253 e. The standard InChI is InChI=1S/C29H37N5O/c1-21-18-22(2)34(32-21)20-24-9-11-26(12-10-24)29(35)33-16-14-25(15-17-33)28-27(19-30-31-28)13-8-23-6-4-3-5-7-23/h3-7,9-12,18,25,27-28,30-31H,8,13-17,19-20H2,1-2H3. The third kappa shape index (κ3) is 5.65. The van der Waals surface area contributed by atoms with Gasteiger partial charge in [0.1, 0.15) is 0 Å². The minimum Gasteiger partial charge on any atom is -0.339 e. The van der Waals surface area contributed by atoms with Gasteiger partial charge in [-0.25, -0.2) is 0 Å². The molecule has 1 amide bonds. The fourth-order valence-electron chi connectivity index (χ4n) is 5.74. The summed E-state index contributed by atoms with van der Waals surface area (Å²) in [6.45, 7) is 7.51. The van der Waals surface area contributed by atoms with E-state index in [1.807, 2.05) is 28.6 Å². The predicted molar refractivity (Wildman–Crippen MR) is 139 cm³/mol. The van der Waals surface area contributed by atoms with Gasteiger partial charge in [0, 0.05) is 36.9 Å². The Balaban J connectivity index is 1.13. The minimum atomic E-state index is 0.152. The lowest BCUT2D eigenvalue weighted by atomic mass is 9.81. The summed E-state index contributed by atoms with van der Waals surface area (Å²) in [6.07, 6.45) is 4.43. The van der Waals surface area contributed by atoms with E-state index in [-0.39, 0.29) is 5.91 Å². The maximum atomic E-state index is 13.2. The number of nitrogens with zero attached hydrogens (tertiary/aromatic N) is 3. The van der Waals surface area contributed by atoms with E-state index < -0.39 is 0 Å². The largest absolute Gasteiger partial charge is 0.339 e. The van der Waals surface area contributed by atoms with E-state index in [1.54, 1.807) is 0 Å². The number of hydrogen-bond donors (Lipinski definition) is 2. The van der Waals surface area contributed by atoms with Crippen LogP contribution in [-0.4, -0.2) is 46.3 Å². The fourth-order valence-corrected chi connectivity index (χ4v) is 5.74. The highest BCUT2D eigenvalue weighted by Crippen LogP contribution is 2.29. The Morgan fingerprint density at radius 1 is 1.00 bits per heavy atom. The smallest absolute Gasteiger partial charge is 0.253 e. The number of aryl methyl sites for hydroxylation is 3.